The number of hydrogen-bond acceptors (Lipinski definition) is 2. The molecule has 1 aromatic rings. The number of hydrogen-bond donors (Lipinski definition) is 0. The first-order valence-corrected chi connectivity index (χ1v) is 5.16. The molecule has 0 saturated heterocycles. The number of ether oxygens (including phenoxy) is 1. The van der Waals surface area contributed by atoms with Crippen molar-refractivity contribution in [3.8, 4) is 0 Å². The van der Waals surface area contributed by atoms with E-state index in [1.807, 2.05) is 0 Å². The van der Waals surface area contributed by atoms with Crippen LogP contribution in [0.25, 0.3) is 6.08 Å². The summed E-state index contributed by atoms with van der Waals surface area (Å²) in [5.41, 5.74) is 1.94. The molecule has 0 amide bonds. The zero-order chi connectivity index (χ0) is 12.1. The van der Waals surface area contributed by atoms with Crippen molar-refractivity contribution in [1.82, 2.24) is 0 Å². The molecule has 0 aliphatic heterocycles. The van der Waals surface area contributed by atoms with E-state index in [9.17, 15) is 9.18 Å². The summed E-state index contributed by atoms with van der Waals surface area (Å²) in [6.07, 6.45) is 2.97. The molecule has 0 radical (unpaired) electrons. The zero-order valence-electron chi connectivity index (χ0n) is 9.71. The Bertz CT molecular complexity index is 399. The van der Waals surface area contributed by atoms with E-state index in [1.54, 1.807) is 39.0 Å². The topological polar surface area (TPSA) is 26.3 Å². The van der Waals surface area contributed by atoms with Crippen molar-refractivity contribution < 1.29 is 13.9 Å². The van der Waals surface area contributed by atoms with Crippen molar-refractivity contribution in [3.05, 3.63) is 40.7 Å². The van der Waals surface area contributed by atoms with Crippen LogP contribution in [0.4, 0.5) is 4.39 Å². The molecule has 0 bridgehead atoms. The van der Waals surface area contributed by atoms with E-state index in [-0.39, 0.29) is 11.8 Å². The summed E-state index contributed by atoms with van der Waals surface area (Å²) >= 11 is 0. The van der Waals surface area contributed by atoms with Gasteiger partial charge in [-0.15, -0.1) is 0 Å². The lowest BCUT2D eigenvalue weighted by Crippen LogP contribution is -1.98. The van der Waals surface area contributed by atoms with Crippen LogP contribution in [0.1, 0.15) is 23.6 Å². The Morgan fingerprint density at radius 2 is 1.94 bits per heavy atom. The molecule has 2 nitrogen and oxygen atoms in total. The Morgan fingerprint density at radius 3 is 2.44 bits per heavy atom. The predicted molar refractivity (Wildman–Crippen MR) is 61.5 cm³/mol. The minimum absolute atomic E-state index is 0.201. The minimum Gasteiger partial charge on any atom is -0.463 e. The molecule has 3 heteroatoms. The predicted octanol–water partition coefficient (Wildman–Crippen LogP) is 3.02. The molecular weight excluding hydrogens is 207 g/mol. The highest BCUT2D eigenvalue weighted by Gasteiger charge is 2.02. The standard InChI is InChI=1S/C13H15FO2/c1-4-16-12(15)6-5-11-7-9(2)13(14)10(3)8-11/h5-8H,4H2,1-3H3. The molecule has 0 spiro atoms. The van der Waals surface area contributed by atoms with Crippen LogP contribution in [0.2, 0.25) is 0 Å². The molecule has 0 aliphatic rings. The average Bonchev–Trinajstić information content (AvgIpc) is 2.23. The molecule has 1 aromatic carbocycles. The van der Waals surface area contributed by atoms with Gasteiger partial charge in [-0.1, -0.05) is 0 Å². The molecule has 0 aliphatic carbocycles. The van der Waals surface area contributed by atoms with Crippen LogP contribution < -0.4 is 0 Å². The van der Waals surface area contributed by atoms with Crippen molar-refractivity contribution in [2.75, 3.05) is 6.61 Å². The molecule has 0 aromatic heterocycles. The number of benzene rings is 1. The molecule has 0 fully saturated rings. The van der Waals surface area contributed by atoms with Gasteiger partial charge in [0.05, 0.1) is 6.61 Å². The van der Waals surface area contributed by atoms with Crippen LogP contribution in [-0.4, -0.2) is 12.6 Å². The molecule has 0 unspecified atom stereocenters. The monoisotopic (exact) mass is 222 g/mol. The SMILES string of the molecule is CCOC(=O)C=Cc1cc(C)c(F)c(C)c1. The molecular formula is C13H15FO2. The summed E-state index contributed by atoms with van der Waals surface area (Å²) in [6.45, 7) is 5.50. The third-order valence-corrected chi connectivity index (χ3v) is 2.16. The Labute approximate surface area is 94.7 Å². The number of aryl methyl sites for hydroxylation is 2. The molecule has 0 heterocycles. The minimum atomic E-state index is -0.387. The first-order chi connectivity index (χ1) is 7.54. The van der Waals surface area contributed by atoms with Crippen molar-refractivity contribution >= 4 is 12.0 Å². The van der Waals surface area contributed by atoms with Crippen LogP contribution in [0.3, 0.4) is 0 Å². The quantitative estimate of drug-likeness (QED) is 0.580. The Hall–Kier alpha value is -1.64. The van der Waals surface area contributed by atoms with E-state index in [2.05, 4.69) is 0 Å². The second-order valence-electron chi connectivity index (χ2n) is 3.55. The average molecular weight is 222 g/mol. The van der Waals surface area contributed by atoms with E-state index in [0.717, 1.165) is 5.56 Å². The fourth-order valence-electron chi connectivity index (χ4n) is 1.43. The van der Waals surface area contributed by atoms with E-state index in [4.69, 9.17) is 4.74 Å². The van der Waals surface area contributed by atoms with Gasteiger partial charge >= 0.3 is 5.97 Å². The van der Waals surface area contributed by atoms with Crippen LogP contribution in [0, 0.1) is 19.7 Å². The number of carbonyl (C=O) groups excluding carboxylic acids is 1. The largest absolute Gasteiger partial charge is 0.463 e. The fraction of sp³-hybridized carbons (Fsp3) is 0.308. The fourth-order valence-corrected chi connectivity index (χ4v) is 1.43. The summed E-state index contributed by atoms with van der Waals surface area (Å²) in [7, 11) is 0. The second-order valence-corrected chi connectivity index (χ2v) is 3.55. The highest BCUT2D eigenvalue weighted by molar-refractivity contribution is 5.87. The zero-order valence-corrected chi connectivity index (χ0v) is 9.71. The summed E-state index contributed by atoms with van der Waals surface area (Å²) in [5, 5.41) is 0. The van der Waals surface area contributed by atoms with Gasteiger partial charge < -0.3 is 4.74 Å². The third kappa shape index (κ3) is 3.19. The second kappa shape index (κ2) is 5.45. The summed E-state index contributed by atoms with van der Waals surface area (Å²) < 4.78 is 18.1. The van der Waals surface area contributed by atoms with Crippen LogP contribution >= 0.6 is 0 Å². The van der Waals surface area contributed by atoms with Gasteiger partial charge in [-0.2, -0.15) is 0 Å². The van der Waals surface area contributed by atoms with Crippen molar-refractivity contribution in [2.45, 2.75) is 20.8 Å². The summed E-state index contributed by atoms with van der Waals surface area (Å²) in [5.74, 6) is -0.588. The molecule has 16 heavy (non-hydrogen) atoms. The lowest BCUT2D eigenvalue weighted by Gasteiger charge is -2.03. The first-order valence-electron chi connectivity index (χ1n) is 5.16. The molecule has 0 atom stereocenters. The van der Waals surface area contributed by atoms with Gasteiger partial charge in [-0.25, -0.2) is 9.18 Å². The van der Waals surface area contributed by atoms with Gasteiger partial charge in [0.1, 0.15) is 5.82 Å². The smallest absolute Gasteiger partial charge is 0.330 e. The molecule has 0 saturated carbocycles. The Kier molecular flexibility index (Phi) is 4.23. The summed E-state index contributed by atoms with van der Waals surface area (Å²) in [6, 6.07) is 3.39. The van der Waals surface area contributed by atoms with Gasteiger partial charge in [-0.05, 0) is 55.7 Å². The van der Waals surface area contributed by atoms with Crippen LogP contribution in [-0.2, 0) is 9.53 Å². The highest BCUT2D eigenvalue weighted by atomic mass is 19.1. The Morgan fingerprint density at radius 1 is 1.38 bits per heavy atom. The molecule has 1 rings (SSSR count). The highest BCUT2D eigenvalue weighted by Crippen LogP contribution is 2.15. The lowest BCUT2D eigenvalue weighted by atomic mass is 10.1. The number of esters is 1. The van der Waals surface area contributed by atoms with Gasteiger partial charge in [0.25, 0.3) is 0 Å². The van der Waals surface area contributed by atoms with Gasteiger partial charge in [0.15, 0.2) is 0 Å². The van der Waals surface area contributed by atoms with Crippen molar-refractivity contribution in [3.63, 3.8) is 0 Å². The molecule has 0 N–H and O–H groups in total. The van der Waals surface area contributed by atoms with Crippen molar-refractivity contribution in [1.29, 1.82) is 0 Å². The van der Waals surface area contributed by atoms with Gasteiger partial charge in [-0.3, -0.25) is 0 Å². The molecule has 86 valence electrons. The number of halogens is 1. The maximum absolute atomic E-state index is 13.3. The van der Waals surface area contributed by atoms with E-state index < -0.39 is 0 Å². The van der Waals surface area contributed by atoms with Crippen LogP contribution in [0.5, 0.6) is 0 Å². The summed E-state index contributed by atoms with van der Waals surface area (Å²) in [4.78, 5) is 11.1. The van der Waals surface area contributed by atoms with E-state index >= 15 is 0 Å². The number of rotatable bonds is 3. The van der Waals surface area contributed by atoms with Crippen molar-refractivity contribution in [2.24, 2.45) is 0 Å². The maximum atomic E-state index is 13.3. The van der Waals surface area contributed by atoms with E-state index in [0.29, 0.717) is 17.7 Å². The lowest BCUT2D eigenvalue weighted by molar-refractivity contribution is -0.137. The maximum Gasteiger partial charge on any atom is 0.330 e. The Balaban J connectivity index is 2.86. The normalized spacial score (nSPS) is 10.8. The van der Waals surface area contributed by atoms with Crippen LogP contribution in [0.15, 0.2) is 18.2 Å². The van der Waals surface area contributed by atoms with Gasteiger partial charge in [0.2, 0.25) is 0 Å². The van der Waals surface area contributed by atoms with E-state index in [1.165, 1.54) is 6.08 Å². The van der Waals surface area contributed by atoms with Gasteiger partial charge in [0, 0.05) is 6.08 Å². The first kappa shape index (κ1) is 12.4. The third-order valence-electron chi connectivity index (χ3n) is 2.16. The number of carbonyl (C=O) groups is 1.